The lowest BCUT2D eigenvalue weighted by atomic mass is 11.3. The van der Waals surface area contributed by atoms with Gasteiger partial charge in [-0.2, -0.15) is 0 Å². The predicted octanol–water partition coefficient (Wildman–Crippen LogP) is -0.320. The van der Waals surface area contributed by atoms with Crippen LogP contribution in [0.4, 0.5) is 0 Å². The Morgan fingerprint density at radius 3 is 1.71 bits per heavy atom. The normalized spacial score (nSPS) is 9.43. The summed E-state index contributed by atoms with van der Waals surface area (Å²) in [4.78, 5) is 18.7. The zero-order valence-corrected chi connectivity index (χ0v) is 3.85. The summed E-state index contributed by atoms with van der Waals surface area (Å²) in [5.74, 6) is 0.382. The van der Waals surface area contributed by atoms with Gasteiger partial charge in [-0.25, -0.2) is 0 Å². The monoisotopic (exact) mass is 122 g/mol. The minimum Gasteiger partial charge on any atom is -0.808 e. The Morgan fingerprint density at radius 1 is 1.57 bits per heavy atom. The highest BCUT2D eigenvalue weighted by molar-refractivity contribution is 7.52. The zero-order valence-electron chi connectivity index (χ0n) is 2.96. The lowest BCUT2D eigenvalue weighted by molar-refractivity contribution is -0.308. The molecule has 3 nitrogen and oxygen atoms in total. The maximum Gasteiger partial charge on any atom is -0.0454 e. The van der Waals surface area contributed by atoms with Crippen LogP contribution in [0.2, 0.25) is 0 Å². The maximum atomic E-state index is 9.35. The fourth-order valence-corrected chi connectivity index (χ4v) is 0. The van der Waals surface area contributed by atoms with E-state index in [0.29, 0.717) is 5.82 Å². The lowest BCUT2D eigenvalue weighted by Gasteiger charge is -2.23. The van der Waals surface area contributed by atoms with Gasteiger partial charge in [0.1, 0.15) is 0 Å². The van der Waals surface area contributed by atoms with E-state index >= 15 is 0 Å². The largest absolute Gasteiger partial charge is 0.808 e. The van der Waals surface area contributed by atoms with Gasteiger partial charge in [-0.15, -0.1) is 0 Å². The van der Waals surface area contributed by atoms with Crippen LogP contribution in [0.25, 0.3) is 0 Å². The zero-order chi connectivity index (χ0) is 5.21. The average Bonchev–Trinajstić information content (AvgIpc) is 1.35. The van der Waals surface area contributed by atoms with Crippen molar-refractivity contribution in [3.05, 3.63) is 12.4 Å². The quantitative estimate of drug-likeness (QED) is 0.447. The molecule has 0 aromatic heterocycles. The fourth-order valence-electron chi connectivity index (χ4n) is 0. The van der Waals surface area contributed by atoms with Gasteiger partial charge in [0.25, 0.3) is 0 Å². The highest BCUT2D eigenvalue weighted by Gasteiger charge is 1.69. The summed E-state index contributed by atoms with van der Waals surface area (Å²) >= 11 is 0. The van der Waals surface area contributed by atoms with Crippen molar-refractivity contribution in [1.82, 2.24) is 0 Å². The average molecular weight is 122 g/mol. The van der Waals surface area contributed by atoms with Crippen molar-refractivity contribution in [2.24, 2.45) is 0 Å². The van der Waals surface area contributed by atoms with E-state index in [2.05, 4.69) is 6.58 Å². The van der Waals surface area contributed by atoms with Crippen LogP contribution in [0, 0.1) is 0 Å². The van der Waals surface area contributed by atoms with Gasteiger partial charge in [-0.3, -0.25) is 0 Å². The molecule has 0 aliphatic rings. The highest BCUT2D eigenvalue weighted by Crippen LogP contribution is 2.22. The van der Waals surface area contributed by atoms with E-state index in [1.807, 2.05) is 0 Å². The van der Waals surface area contributed by atoms with E-state index in [9.17, 15) is 14.4 Å². The number of hydrogen-bond acceptors (Lipinski definition) is 3. The van der Waals surface area contributed by atoms with Crippen molar-refractivity contribution >= 4 is 7.60 Å². The summed E-state index contributed by atoms with van der Waals surface area (Å²) in [5.41, 5.74) is 0. The molecule has 0 amide bonds. The Balaban J connectivity index is 0. The summed E-state index contributed by atoms with van der Waals surface area (Å²) in [6.07, 6.45) is 0. The lowest BCUT2D eigenvalue weighted by Crippen LogP contribution is -2.09. The molecule has 7 heavy (non-hydrogen) atoms. The van der Waals surface area contributed by atoms with Gasteiger partial charge >= 0.3 is 0 Å². The molecule has 0 radical (unpaired) electrons. The third-order valence-electron chi connectivity index (χ3n) is 0.224. The first-order chi connectivity index (χ1) is 2.56. The molecular formula is C3H7O3P-2. The minimum absolute atomic E-state index is 0. The highest BCUT2D eigenvalue weighted by atomic mass is 31.2. The third kappa shape index (κ3) is 10.7. The molecule has 4 heteroatoms. The van der Waals surface area contributed by atoms with E-state index in [-0.39, 0.29) is 7.43 Å². The van der Waals surface area contributed by atoms with Crippen LogP contribution < -0.4 is 9.79 Å². The molecule has 0 aliphatic heterocycles. The fraction of sp³-hybridized carbons (Fsp3) is 0.333. The van der Waals surface area contributed by atoms with Crippen molar-refractivity contribution < 1.29 is 14.4 Å². The van der Waals surface area contributed by atoms with Gasteiger partial charge < -0.3 is 14.4 Å². The number of rotatable bonds is 1. The number of hydrogen-bond donors (Lipinski definition) is 0. The van der Waals surface area contributed by atoms with E-state index in [1.165, 1.54) is 0 Å². The van der Waals surface area contributed by atoms with Gasteiger partial charge in [-0.1, -0.05) is 19.8 Å². The summed E-state index contributed by atoms with van der Waals surface area (Å²) < 4.78 is 9.35. The molecule has 0 unspecified atom stereocenters. The van der Waals surface area contributed by atoms with Crippen molar-refractivity contribution in [2.45, 2.75) is 7.43 Å². The second-order valence-electron chi connectivity index (χ2n) is 0.722. The van der Waals surface area contributed by atoms with Crippen molar-refractivity contribution in [2.75, 3.05) is 0 Å². The topological polar surface area (TPSA) is 63.2 Å². The molecule has 44 valence electrons. The van der Waals surface area contributed by atoms with Gasteiger partial charge in [0.2, 0.25) is 0 Å². The first kappa shape index (κ1) is 10.00. The van der Waals surface area contributed by atoms with Gasteiger partial charge in [0, 0.05) is 0 Å². The molecule has 0 bridgehead atoms. The van der Waals surface area contributed by atoms with Crippen molar-refractivity contribution in [3.8, 4) is 0 Å². The Bertz CT molecular complexity index is 92.4. The molecule has 0 atom stereocenters. The SMILES string of the molecule is C.C=CP(=O)([O-])[O-]. The first-order valence-corrected chi connectivity index (χ1v) is 2.83. The van der Waals surface area contributed by atoms with Crippen molar-refractivity contribution in [1.29, 1.82) is 0 Å². The smallest absolute Gasteiger partial charge is 0.0454 e. The van der Waals surface area contributed by atoms with Crippen LogP contribution in [-0.4, -0.2) is 0 Å². The Labute approximate surface area is 42.8 Å². The summed E-state index contributed by atoms with van der Waals surface area (Å²) in [5, 5.41) is 0. The molecule has 0 rings (SSSR count). The summed E-state index contributed by atoms with van der Waals surface area (Å²) in [6.45, 7) is 2.74. The molecule has 0 spiro atoms. The van der Waals surface area contributed by atoms with E-state index in [0.717, 1.165) is 0 Å². The van der Waals surface area contributed by atoms with Crippen LogP contribution in [0.15, 0.2) is 12.4 Å². The van der Waals surface area contributed by atoms with Crippen LogP contribution in [-0.2, 0) is 4.57 Å². The molecule has 0 saturated carbocycles. The molecule has 0 fully saturated rings. The third-order valence-corrected chi connectivity index (χ3v) is 0.671. The molecular weight excluding hydrogens is 115 g/mol. The first-order valence-electron chi connectivity index (χ1n) is 1.21. The standard InChI is InChI=1S/C2H5O3P.CH4/c1-2-6(3,4)5;/h2H,1H2,(H2,3,4,5);1H4/p-2. The van der Waals surface area contributed by atoms with Gasteiger partial charge in [0.15, 0.2) is 0 Å². The predicted molar refractivity (Wildman–Crippen MR) is 24.5 cm³/mol. The van der Waals surface area contributed by atoms with Crippen LogP contribution >= 0.6 is 7.60 Å². The molecule has 0 heterocycles. The van der Waals surface area contributed by atoms with E-state index in [1.54, 1.807) is 0 Å². The molecule has 0 aromatic carbocycles. The Morgan fingerprint density at radius 2 is 1.71 bits per heavy atom. The second kappa shape index (κ2) is 2.97. The van der Waals surface area contributed by atoms with E-state index < -0.39 is 7.60 Å². The molecule has 0 aromatic rings. The summed E-state index contributed by atoms with van der Waals surface area (Å²) in [7, 11) is -4.38. The van der Waals surface area contributed by atoms with E-state index in [4.69, 9.17) is 0 Å². The molecule has 0 N–H and O–H groups in total. The second-order valence-corrected chi connectivity index (χ2v) is 2.17. The van der Waals surface area contributed by atoms with Crippen LogP contribution in [0.5, 0.6) is 0 Å². The molecule has 0 saturated heterocycles. The van der Waals surface area contributed by atoms with Gasteiger partial charge in [0.05, 0.1) is 0 Å². The molecule has 0 aliphatic carbocycles. The van der Waals surface area contributed by atoms with Gasteiger partial charge in [-0.05, 0) is 7.60 Å². The van der Waals surface area contributed by atoms with Crippen molar-refractivity contribution in [3.63, 3.8) is 0 Å². The van der Waals surface area contributed by atoms with Crippen LogP contribution in [0.3, 0.4) is 0 Å². The maximum absolute atomic E-state index is 9.35. The Hall–Kier alpha value is -0.110. The summed E-state index contributed by atoms with van der Waals surface area (Å²) in [6, 6.07) is 0. The Kier molecular flexibility index (Phi) is 4.24. The minimum atomic E-state index is -4.38. The van der Waals surface area contributed by atoms with Crippen LogP contribution in [0.1, 0.15) is 7.43 Å².